The summed E-state index contributed by atoms with van der Waals surface area (Å²) < 4.78 is 5.26. The lowest BCUT2D eigenvalue weighted by molar-refractivity contribution is -0.149. The van der Waals surface area contributed by atoms with E-state index in [2.05, 4.69) is 0 Å². The number of nitrogens with zero attached hydrogens (tertiary/aromatic N) is 1. The number of rotatable bonds is 2. The van der Waals surface area contributed by atoms with Gasteiger partial charge < -0.3 is 10.5 Å². The molecule has 2 N–H and O–H groups in total. The van der Waals surface area contributed by atoms with Crippen molar-refractivity contribution in [2.45, 2.75) is 33.3 Å². The second-order valence-electron chi connectivity index (χ2n) is 5.29. The Balaban J connectivity index is 2.94. The van der Waals surface area contributed by atoms with Gasteiger partial charge in [0.05, 0.1) is 11.3 Å². The predicted octanol–water partition coefficient (Wildman–Crippen LogP) is 2.89. The Morgan fingerprint density at radius 3 is 2.53 bits per heavy atom. The fourth-order valence-electron chi connectivity index (χ4n) is 1.44. The molecule has 0 fully saturated rings. The van der Waals surface area contributed by atoms with Crippen LogP contribution in [0.4, 0.5) is 5.69 Å². The van der Waals surface area contributed by atoms with Crippen molar-refractivity contribution in [3.8, 4) is 6.07 Å². The van der Waals surface area contributed by atoms with E-state index < -0.39 is 5.60 Å². The molecule has 1 aromatic carbocycles. The van der Waals surface area contributed by atoms with Gasteiger partial charge in [-0.3, -0.25) is 0 Å². The standard InChI is InChI=1S/C15H18N2O2/c1-10(14(18)19-15(2,3)4)7-11-5-6-12(9-16)13(17)8-11/h5-8H,17H2,1-4H3. The van der Waals surface area contributed by atoms with Crippen molar-refractivity contribution in [1.82, 2.24) is 0 Å². The van der Waals surface area contributed by atoms with E-state index in [9.17, 15) is 4.79 Å². The Morgan fingerprint density at radius 2 is 2.05 bits per heavy atom. The van der Waals surface area contributed by atoms with Gasteiger partial charge in [-0.15, -0.1) is 0 Å². The van der Waals surface area contributed by atoms with Gasteiger partial charge in [0, 0.05) is 5.57 Å². The minimum absolute atomic E-state index is 0.365. The van der Waals surface area contributed by atoms with E-state index in [1.54, 1.807) is 31.2 Å². The molecule has 4 heteroatoms. The molecule has 0 amide bonds. The lowest BCUT2D eigenvalue weighted by Crippen LogP contribution is -2.24. The van der Waals surface area contributed by atoms with E-state index in [-0.39, 0.29) is 5.97 Å². The fraction of sp³-hybridized carbons (Fsp3) is 0.333. The van der Waals surface area contributed by atoms with E-state index in [0.717, 1.165) is 5.56 Å². The van der Waals surface area contributed by atoms with Crippen molar-refractivity contribution in [3.05, 3.63) is 34.9 Å². The largest absolute Gasteiger partial charge is 0.457 e. The number of hydrogen-bond acceptors (Lipinski definition) is 4. The molecule has 0 bridgehead atoms. The average Bonchev–Trinajstić information content (AvgIpc) is 2.27. The topological polar surface area (TPSA) is 76.1 Å². The highest BCUT2D eigenvalue weighted by Crippen LogP contribution is 2.17. The third kappa shape index (κ3) is 4.47. The van der Waals surface area contributed by atoms with Gasteiger partial charge in [0.1, 0.15) is 11.7 Å². The summed E-state index contributed by atoms with van der Waals surface area (Å²) in [5.41, 5.74) is 7.27. The Morgan fingerprint density at radius 1 is 1.42 bits per heavy atom. The van der Waals surface area contributed by atoms with Crippen molar-refractivity contribution in [1.29, 1.82) is 5.26 Å². The number of nitriles is 1. The molecule has 0 aromatic heterocycles. The number of ether oxygens (including phenoxy) is 1. The van der Waals surface area contributed by atoms with Crippen molar-refractivity contribution < 1.29 is 9.53 Å². The maximum atomic E-state index is 11.8. The van der Waals surface area contributed by atoms with Crippen LogP contribution in [-0.4, -0.2) is 11.6 Å². The third-order valence-corrected chi connectivity index (χ3v) is 2.30. The van der Waals surface area contributed by atoms with Crippen LogP contribution in [0.15, 0.2) is 23.8 Å². The third-order valence-electron chi connectivity index (χ3n) is 2.30. The molecule has 0 aliphatic heterocycles. The number of benzene rings is 1. The van der Waals surface area contributed by atoms with Gasteiger partial charge in [-0.1, -0.05) is 6.07 Å². The minimum atomic E-state index is -0.518. The van der Waals surface area contributed by atoms with Gasteiger partial charge in [-0.25, -0.2) is 4.79 Å². The summed E-state index contributed by atoms with van der Waals surface area (Å²) in [6.07, 6.45) is 1.69. The average molecular weight is 258 g/mol. The maximum absolute atomic E-state index is 11.8. The zero-order valence-corrected chi connectivity index (χ0v) is 11.7. The Labute approximate surface area is 113 Å². The number of carbonyl (C=O) groups is 1. The van der Waals surface area contributed by atoms with E-state index >= 15 is 0 Å². The van der Waals surface area contributed by atoms with Crippen LogP contribution in [0.3, 0.4) is 0 Å². The second kappa shape index (κ2) is 5.57. The molecule has 0 atom stereocenters. The van der Waals surface area contributed by atoms with Crippen molar-refractivity contribution >= 4 is 17.7 Å². The number of hydrogen-bond donors (Lipinski definition) is 1. The monoisotopic (exact) mass is 258 g/mol. The summed E-state index contributed by atoms with van der Waals surface area (Å²) in [5, 5.41) is 8.79. The van der Waals surface area contributed by atoms with E-state index in [1.807, 2.05) is 26.8 Å². The number of esters is 1. The van der Waals surface area contributed by atoms with Crippen LogP contribution >= 0.6 is 0 Å². The zero-order valence-electron chi connectivity index (χ0n) is 11.7. The van der Waals surface area contributed by atoms with Crippen molar-refractivity contribution in [3.63, 3.8) is 0 Å². The Kier molecular flexibility index (Phi) is 4.34. The van der Waals surface area contributed by atoms with Crippen LogP contribution in [0.2, 0.25) is 0 Å². The van der Waals surface area contributed by atoms with Gasteiger partial charge in [0.2, 0.25) is 0 Å². The van der Waals surface area contributed by atoms with Gasteiger partial charge in [-0.05, 0) is 51.5 Å². The highest BCUT2D eigenvalue weighted by atomic mass is 16.6. The van der Waals surface area contributed by atoms with Crippen LogP contribution in [0, 0.1) is 11.3 Å². The summed E-state index contributed by atoms with van der Waals surface area (Å²) in [6.45, 7) is 7.14. The maximum Gasteiger partial charge on any atom is 0.334 e. The second-order valence-corrected chi connectivity index (χ2v) is 5.29. The Bertz CT molecular complexity index is 560. The van der Waals surface area contributed by atoms with Crippen LogP contribution in [0.25, 0.3) is 6.08 Å². The molecule has 0 spiro atoms. The molecule has 100 valence electrons. The van der Waals surface area contributed by atoms with Crippen LogP contribution in [-0.2, 0) is 9.53 Å². The first-order chi connectivity index (χ1) is 8.73. The summed E-state index contributed by atoms with van der Waals surface area (Å²) in [6, 6.07) is 7.02. The summed E-state index contributed by atoms with van der Waals surface area (Å²) >= 11 is 0. The fourth-order valence-corrected chi connectivity index (χ4v) is 1.44. The van der Waals surface area contributed by atoms with Gasteiger partial charge in [-0.2, -0.15) is 5.26 Å². The quantitative estimate of drug-likeness (QED) is 0.502. The van der Waals surface area contributed by atoms with E-state index in [1.165, 1.54) is 0 Å². The first kappa shape index (κ1) is 14.8. The molecular weight excluding hydrogens is 240 g/mol. The summed E-state index contributed by atoms with van der Waals surface area (Å²) in [4.78, 5) is 11.8. The molecule has 19 heavy (non-hydrogen) atoms. The molecule has 1 aromatic rings. The predicted molar refractivity (Wildman–Crippen MR) is 75.1 cm³/mol. The van der Waals surface area contributed by atoms with Crippen LogP contribution in [0.5, 0.6) is 0 Å². The van der Waals surface area contributed by atoms with Gasteiger partial charge in [0.25, 0.3) is 0 Å². The lowest BCUT2D eigenvalue weighted by Gasteiger charge is -2.19. The number of anilines is 1. The molecule has 0 aliphatic rings. The van der Waals surface area contributed by atoms with Crippen molar-refractivity contribution in [2.75, 3.05) is 5.73 Å². The normalized spacial score (nSPS) is 11.8. The summed E-state index contributed by atoms with van der Waals surface area (Å²) in [5.74, 6) is -0.365. The van der Waals surface area contributed by atoms with Crippen LogP contribution < -0.4 is 5.73 Å². The number of nitrogens with two attached hydrogens (primary N) is 1. The van der Waals surface area contributed by atoms with E-state index in [0.29, 0.717) is 16.8 Å². The number of carbonyl (C=O) groups excluding carboxylic acids is 1. The minimum Gasteiger partial charge on any atom is -0.457 e. The summed E-state index contributed by atoms with van der Waals surface area (Å²) in [7, 11) is 0. The zero-order chi connectivity index (χ0) is 14.6. The van der Waals surface area contributed by atoms with Crippen LogP contribution in [0.1, 0.15) is 38.8 Å². The smallest absolute Gasteiger partial charge is 0.334 e. The molecule has 0 saturated heterocycles. The molecule has 0 aliphatic carbocycles. The molecule has 0 heterocycles. The lowest BCUT2D eigenvalue weighted by atomic mass is 10.1. The molecule has 4 nitrogen and oxygen atoms in total. The van der Waals surface area contributed by atoms with Gasteiger partial charge >= 0.3 is 5.97 Å². The number of nitrogen functional groups attached to an aromatic ring is 1. The van der Waals surface area contributed by atoms with Crippen molar-refractivity contribution in [2.24, 2.45) is 0 Å². The highest BCUT2D eigenvalue weighted by Gasteiger charge is 2.17. The molecule has 1 rings (SSSR count). The first-order valence-corrected chi connectivity index (χ1v) is 5.94. The SMILES string of the molecule is CC(=Cc1ccc(C#N)c(N)c1)C(=O)OC(C)(C)C. The Hall–Kier alpha value is -2.28. The molecule has 0 unspecified atom stereocenters. The molecule has 0 radical (unpaired) electrons. The molecule has 0 saturated carbocycles. The van der Waals surface area contributed by atoms with Gasteiger partial charge in [0.15, 0.2) is 0 Å². The van der Waals surface area contributed by atoms with E-state index in [4.69, 9.17) is 15.7 Å². The molecular formula is C15H18N2O2. The first-order valence-electron chi connectivity index (χ1n) is 5.94. The highest BCUT2D eigenvalue weighted by molar-refractivity contribution is 5.93.